The van der Waals surface area contributed by atoms with Crippen molar-refractivity contribution in [3.8, 4) is 0 Å². The van der Waals surface area contributed by atoms with Crippen LogP contribution >= 0.6 is 23.2 Å². The summed E-state index contributed by atoms with van der Waals surface area (Å²) in [7, 11) is 1.60. The molecule has 1 rings (SSSR count). The lowest BCUT2D eigenvalue weighted by molar-refractivity contribution is 0.0891. The van der Waals surface area contributed by atoms with Crippen LogP contribution in [-0.2, 0) is 4.74 Å². The first-order valence-electron chi connectivity index (χ1n) is 6.03. The SMILES string of the molecule is CCCC(COC)NC(=O)c1cc(N)c(Cl)c(Cl)c1. The van der Waals surface area contributed by atoms with Gasteiger partial charge in [0.2, 0.25) is 0 Å². The van der Waals surface area contributed by atoms with Crippen molar-refractivity contribution in [1.82, 2.24) is 5.32 Å². The van der Waals surface area contributed by atoms with Gasteiger partial charge in [0.05, 0.1) is 28.4 Å². The van der Waals surface area contributed by atoms with Gasteiger partial charge in [-0.15, -0.1) is 0 Å². The molecule has 0 radical (unpaired) electrons. The number of carbonyl (C=O) groups excluding carboxylic acids is 1. The van der Waals surface area contributed by atoms with Crippen molar-refractivity contribution in [2.45, 2.75) is 25.8 Å². The van der Waals surface area contributed by atoms with Crippen LogP contribution in [0.3, 0.4) is 0 Å². The molecule has 0 spiro atoms. The number of methoxy groups -OCH3 is 1. The summed E-state index contributed by atoms with van der Waals surface area (Å²) in [6, 6.07) is 2.99. The Morgan fingerprint density at radius 1 is 1.47 bits per heavy atom. The number of nitrogens with one attached hydrogen (secondary N) is 1. The standard InChI is InChI=1S/C13H18Cl2N2O2/c1-3-4-9(7-19-2)17-13(18)8-5-10(14)12(15)11(16)6-8/h5-6,9H,3-4,7,16H2,1-2H3,(H,17,18). The van der Waals surface area contributed by atoms with Gasteiger partial charge in [-0.3, -0.25) is 4.79 Å². The van der Waals surface area contributed by atoms with Crippen molar-refractivity contribution in [3.05, 3.63) is 27.7 Å². The maximum atomic E-state index is 12.1. The molecule has 19 heavy (non-hydrogen) atoms. The fraction of sp³-hybridized carbons (Fsp3) is 0.462. The van der Waals surface area contributed by atoms with Crippen LogP contribution in [0, 0.1) is 0 Å². The summed E-state index contributed by atoms with van der Waals surface area (Å²) in [4.78, 5) is 12.1. The molecule has 4 nitrogen and oxygen atoms in total. The van der Waals surface area contributed by atoms with E-state index in [0.29, 0.717) is 12.2 Å². The number of anilines is 1. The molecule has 1 unspecified atom stereocenters. The van der Waals surface area contributed by atoms with Gasteiger partial charge in [0, 0.05) is 12.7 Å². The zero-order valence-electron chi connectivity index (χ0n) is 11.0. The van der Waals surface area contributed by atoms with Gasteiger partial charge in [0.25, 0.3) is 5.91 Å². The highest BCUT2D eigenvalue weighted by molar-refractivity contribution is 6.43. The monoisotopic (exact) mass is 304 g/mol. The molecule has 0 saturated heterocycles. The van der Waals surface area contributed by atoms with Gasteiger partial charge >= 0.3 is 0 Å². The second kappa shape index (κ2) is 7.58. The molecule has 0 aliphatic carbocycles. The number of hydrogen-bond acceptors (Lipinski definition) is 3. The van der Waals surface area contributed by atoms with Gasteiger partial charge < -0.3 is 15.8 Å². The predicted octanol–water partition coefficient (Wildman–Crippen LogP) is 3.12. The van der Waals surface area contributed by atoms with Gasteiger partial charge in [-0.25, -0.2) is 0 Å². The number of nitrogen functional groups attached to an aromatic ring is 1. The normalized spacial score (nSPS) is 12.2. The molecule has 1 amide bonds. The Kier molecular flexibility index (Phi) is 6.42. The van der Waals surface area contributed by atoms with E-state index in [1.54, 1.807) is 7.11 Å². The molecular formula is C13H18Cl2N2O2. The van der Waals surface area contributed by atoms with Crippen molar-refractivity contribution in [3.63, 3.8) is 0 Å². The van der Waals surface area contributed by atoms with E-state index in [9.17, 15) is 4.79 Å². The maximum Gasteiger partial charge on any atom is 0.251 e. The summed E-state index contributed by atoms with van der Waals surface area (Å²) in [5.74, 6) is -0.235. The largest absolute Gasteiger partial charge is 0.397 e. The first-order chi connectivity index (χ1) is 8.99. The lowest BCUT2D eigenvalue weighted by Gasteiger charge is -2.17. The van der Waals surface area contributed by atoms with E-state index in [1.807, 2.05) is 6.92 Å². The van der Waals surface area contributed by atoms with E-state index in [0.717, 1.165) is 12.8 Å². The van der Waals surface area contributed by atoms with Gasteiger partial charge in [-0.05, 0) is 18.6 Å². The zero-order valence-corrected chi connectivity index (χ0v) is 12.5. The Morgan fingerprint density at radius 2 is 2.16 bits per heavy atom. The number of amides is 1. The fourth-order valence-electron chi connectivity index (χ4n) is 1.76. The molecule has 6 heteroatoms. The molecule has 106 valence electrons. The molecule has 0 aromatic heterocycles. The zero-order chi connectivity index (χ0) is 14.4. The summed E-state index contributed by atoms with van der Waals surface area (Å²) >= 11 is 11.8. The first-order valence-corrected chi connectivity index (χ1v) is 6.79. The molecule has 0 aliphatic rings. The Morgan fingerprint density at radius 3 is 2.68 bits per heavy atom. The number of benzene rings is 1. The molecule has 0 aliphatic heterocycles. The third-order valence-electron chi connectivity index (χ3n) is 2.66. The van der Waals surface area contributed by atoms with Crippen LogP contribution in [-0.4, -0.2) is 25.7 Å². The summed E-state index contributed by atoms with van der Waals surface area (Å²) in [5.41, 5.74) is 6.37. The van der Waals surface area contributed by atoms with Gasteiger partial charge in [0.1, 0.15) is 0 Å². The van der Waals surface area contributed by atoms with Crippen molar-refractivity contribution in [1.29, 1.82) is 0 Å². The van der Waals surface area contributed by atoms with Crippen LogP contribution in [0.15, 0.2) is 12.1 Å². The maximum absolute atomic E-state index is 12.1. The first kappa shape index (κ1) is 16.1. The molecule has 0 saturated carbocycles. The number of halogens is 2. The highest BCUT2D eigenvalue weighted by Crippen LogP contribution is 2.29. The molecule has 1 aromatic rings. The molecule has 1 atom stereocenters. The number of rotatable bonds is 6. The number of hydrogen-bond donors (Lipinski definition) is 2. The van der Waals surface area contributed by atoms with Crippen LogP contribution in [0.2, 0.25) is 10.0 Å². The fourth-order valence-corrected chi connectivity index (χ4v) is 2.09. The second-order valence-corrected chi connectivity index (χ2v) is 5.06. The van der Waals surface area contributed by atoms with E-state index in [2.05, 4.69) is 5.32 Å². The highest BCUT2D eigenvalue weighted by Gasteiger charge is 2.15. The summed E-state index contributed by atoms with van der Waals surface area (Å²) in [6.07, 6.45) is 1.80. The topological polar surface area (TPSA) is 64.3 Å². The third kappa shape index (κ3) is 4.56. The number of nitrogens with two attached hydrogens (primary N) is 1. The van der Waals surface area contributed by atoms with Crippen LogP contribution < -0.4 is 11.1 Å². The van der Waals surface area contributed by atoms with Crippen molar-refractivity contribution < 1.29 is 9.53 Å². The Bertz CT molecular complexity index is 423. The van der Waals surface area contributed by atoms with Crippen LogP contribution in [0.4, 0.5) is 5.69 Å². The van der Waals surface area contributed by atoms with Crippen molar-refractivity contribution >= 4 is 34.8 Å². The highest BCUT2D eigenvalue weighted by atomic mass is 35.5. The Balaban J connectivity index is 2.82. The van der Waals surface area contributed by atoms with E-state index in [4.69, 9.17) is 33.7 Å². The smallest absolute Gasteiger partial charge is 0.251 e. The van der Waals surface area contributed by atoms with Crippen molar-refractivity contribution in [2.24, 2.45) is 0 Å². The van der Waals surface area contributed by atoms with E-state index in [1.165, 1.54) is 12.1 Å². The molecule has 0 bridgehead atoms. The molecule has 0 fully saturated rings. The van der Waals surface area contributed by atoms with Gasteiger partial charge in [-0.2, -0.15) is 0 Å². The molecule has 1 aromatic carbocycles. The minimum atomic E-state index is -0.235. The molecule has 0 heterocycles. The lowest BCUT2D eigenvalue weighted by Crippen LogP contribution is -2.37. The van der Waals surface area contributed by atoms with E-state index in [-0.39, 0.29) is 27.7 Å². The van der Waals surface area contributed by atoms with Crippen molar-refractivity contribution in [2.75, 3.05) is 19.5 Å². The third-order valence-corrected chi connectivity index (χ3v) is 3.48. The lowest BCUT2D eigenvalue weighted by atomic mass is 10.1. The second-order valence-electron chi connectivity index (χ2n) is 4.28. The molecular weight excluding hydrogens is 287 g/mol. The predicted molar refractivity (Wildman–Crippen MR) is 78.9 cm³/mol. The summed E-state index contributed by atoms with van der Waals surface area (Å²) in [6.45, 7) is 2.52. The number of carbonyl (C=O) groups is 1. The minimum Gasteiger partial charge on any atom is -0.397 e. The Hall–Kier alpha value is -0.970. The average molecular weight is 305 g/mol. The van der Waals surface area contributed by atoms with E-state index < -0.39 is 0 Å². The van der Waals surface area contributed by atoms with Crippen LogP contribution in [0.25, 0.3) is 0 Å². The van der Waals surface area contributed by atoms with Crippen LogP contribution in [0.1, 0.15) is 30.1 Å². The number of ether oxygens (including phenoxy) is 1. The van der Waals surface area contributed by atoms with E-state index >= 15 is 0 Å². The Labute approximate surface area is 123 Å². The average Bonchev–Trinajstić information content (AvgIpc) is 2.35. The van der Waals surface area contributed by atoms with Gasteiger partial charge in [-0.1, -0.05) is 36.5 Å². The quantitative estimate of drug-likeness (QED) is 0.794. The molecule has 3 N–H and O–H groups in total. The summed E-state index contributed by atoms with van der Waals surface area (Å²) < 4.78 is 5.07. The minimum absolute atomic E-state index is 0.0295. The van der Waals surface area contributed by atoms with Crippen LogP contribution in [0.5, 0.6) is 0 Å². The van der Waals surface area contributed by atoms with Gasteiger partial charge in [0.15, 0.2) is 0 Å². The summed E-state index contributed by atoms with van der Waals surface area (Å²) in [5, 5.41) is 3.42.